The van der Waals surface area contributed by atoms with E-state index in [4.69, 9.17) is 4.74 Å². The number of rotatable bonds is 7. The number of nitrogens with zero attached hydrogens (tertiary/aromatic N) is 3. The van der Waals surface area contributed by atoms with E-state index >= 15 is 0 Å². The van der Waals surface area contributed by atoms with Gasteiger partial charge in [-0.3, -0.25) is 0 Å². The summed E-state index contributed by atoms with van der Waals surface area (Å²) in [6.45, 7) is 8.73. The lowest BCUT2D eigenvalue weighted by Gasteiger charge is -2.42. The monoisotopic (exact) mass is 367 g/mol. The number of aliphatic hydroxyl groups is 1. The number of benzene rings is 1. The summed E-state index contributed by atoms with van der Waals surface area (Å²) in [6, 6.07) is 5.93. The lowest BCUT2D eigenvalue weighted by Crippen LogP contribution is -2.48. The molecule has 0 aliphatic rings. The largest absolute Gasteiger partial charge is 0.493 e. The van der Waals surface area contributed by atoms with Crippen LogP contribution >= 0.6 is 12.6 Å². The van der Waals surface area contributed by atoms with E-state index < -0.39 is 5.60 Å². The molecule has 0 aliphatic carbocycles. The molecule has 1 N–H and O–H groups in total. The van der Waals surface area contributed by atoms with E-state index in [1.165, 1.54) is 18.5 Å². The van der Waals surface area contributed by atoms with Crippen LogP contribution in [0.5, 0.6) is 5.75 Å². The van der Waals surface area contributed by atoms with Crippen LogP contribution < -0.4 is 4.74 Å². The molecule has 0 amide bonds. The fraction of sp³-hybridized carbons (Fsp3) is 0.556. The van der Waals surface area contributed by atoms with Crippen molar-refractivity contribution in [3.8, 4) is 5.75 Å². The first kappa shape index (κ1) is 19.7. The lowest BCUT2D eigenvalue weighted by atomic mass is 9.72. The van der Waals surface area contributed by atoms with E-state index in [0.717, 1.165) is 0 Å². The Morgan fingerprint density at radius 1 is 1.28 bits per heavy atom. The maximum Gasteiger partial charge on any atom is 0.183 e. The average Bonchev–Trinajstić information content (AvgIpc) is 2.90. The third-order valence-electron chi connectivity index (χ3n) is 4.44. The number of halogens is 1. The van der Waals surface area contributed by atoms with Crippen LogP contribution in [0, 0.1) is 17.2 Å². The molecule has 2 aromatic rings. The van der Waals surface area contributed by atoms with Crippen molar-refractivity contribution in [3.63, 3.8) is 0 Å². The lowest BCUT2D eigenvalue weighted by molar-refractivity contribution is -0.0932. The van der Waals surface area contributed by atoms with Gasteiger partial charge in [-0.15, -0.1) is 12.6 Å². The normalized spacial score (nSPS) is 15.6. The molecule has 0 saturated carbocycles. The highest BCUT2D eigenvalue weighted by Crippen LogP contribution is 2.37. The molecule has 0 fully saturated rings. The van der Waals surface area contributed by atoms with E-state index in [0.29, 0.717) is 30.5 Å². The van der Waals surface area contributed by atoms with Crippen LogP contribution in [0.3, 0.4) is 0 Å². The summed E-state index contributed by atoms with van der Waals surface area (Å²) in [6.07, 6.45) is 1.94. The van der Waals surface area contributed by atoms with Crippen LogP contribution in [0.25, 0.3) is 0 Å². The zero-order valence-corrected chi connectivity index (χ0v) is 16.0. The zero-order chi connectivity index (χ0) is 18.7. The average molecular weight is 367 g/mol. The molecule has 2 unspecified atom stereocenters. The summed E-state index contributed by atoms with van der Waals surface area (Å²) in [5.41, 5.74) is -1.38. The molecule has 0 aliphatic heterocycles. The Kier molecular flexibility index (Phi) is 6.11. The van der Waals surface area contributed by atoms with Gasteiger partial charge in [-0.1, -0.05) is 27.7 Å². The Balaban J connectivity index is 2.03. The van der Waals surface area contributed by atoms with Gasteiger partial charge in [-0.05, 0) is 42.0 Å². The molecule has 138 valence electrons. The smallest absolute Gasteiger partial charge is 0.183 e. The van der Waals surface area contributed by atoms with Crippen molar-refractivity contribution in [3.05, 3.63) is 36.4 Å². The molecule has 7 heteroatoms. The maximum absolute atomic E-state index is 12.9. The summed E-state index contributed by atoms with van der Waals surface area (Å²) in [5.74, 6) is 0.403. The molecular weight excluding hydrogens is 341 g/mol. The van der Waals surface area contributed by atoms with Crippen molar-refractivity contribution >= 4 is 12.6 Å². The van der Waals surface area contributed by atoms with Gasteiger partial charge in [0.2, 0.25) is 0 Å². The summed E-state index contributed by atoms with van der Waals surface area (Å²) in [5, 5.41) is 15.9. The number of hydrogen-bond donors (Lipinski definition) is 2. The maximum atomic E-state index is 12.9. The summed E-state index contributed by atoms with van der Waals surface area (Å²) in [7, 11) is 0. The Morgan fingerprint density at radius 2 is 1.92 bits per heavy atom. The molecule has 2 atom stereocenters. The topological polar surface area (TPSA) is 60.2 Å². The minimum atomic E-state index is -1.01. The van der Waals surface area contributed by atoms with Crippen molar-refractivity contribution in [1.29, 1.82) is 0 Å². The van der Waals surface area contributed by atoms with Gasteiger partial charge in [-0.2, -0.15) is 5.10 Å². The SMILES string of the molecule is CC(COc1ccc(F)cc1)CC(O)(Cn1ncnc1S)C(C)(C)C. The van der Waals surface area contributed by atoms with Crippen LogP contribution in [0.1, 0.15) is 34.1 Å². The van der Waals surface area contributed by atoms with Gasteiger partial charge < -0.3 is 9.84 Å². The first-order valence-corrected chi connectivity index (χ1v) is 8.73. The van der Waals surface area contributed by atoms with Gasteiger partial charge in [-0.25, -0.2) is 14.1 Å². The molecule has 2 rings (SSSR count). The molecule has 0 spiro atoms. The fourth-order valence-corrected chi connectivity index (χ4v) is 2.80. The van der Waals surface area contributed by atoms with Crippen molar-refractivity contribution < 1.29 is 14.2 Å². The third-order valence-corrected chi connectivity index (χ3v) is 4.78. The first-order chi connectivity index (χ1) is 11.6. The molecule has 1 aromatic carbocycles. The van der Waals surface area contributed by atoms with E-state index in [2.05, 4.69) is 22.7 Å². The second-order valence-corrected chi connectivity index (χ2v) is 7.97. The number of aromatic nitrogens is 3. The van der Waals surface area contributed by atoms with E-state index in [-0.39, 0.29) is 17.2 Å². The molecule has 0 bridgehead atoms. The Bertz CT molecular complexity index is 684. The van der Waals surface area contributed by atoms with E-state index in [1.54, 1.807) is 16.8 Å². The molecule has 25 heavy (non-hydrogen) atoms. The zero-order valence-electron chi connectivity index (χ0n) is 15.1. The van der Waals surface area contributed by atoms with Crippen molar-refractivity contribution in [2.75, 3.05) is 6.61 Å². The Hall–Kier alpha value is -1.60. The van der Waals surface area contributed by atoms with Gasteiger partial charge in [0, 0.05) is 0 Å². The van der Waals surface area contributed by atoms with Gasteiger partial charge in [0.15, 0.2) is 5.16 Å². The fourth-order valence-electron chi connectivity index (χ4n) is 2.63. The minimum absolute atomic E-state index is 0.0844. The Morgan fingerprint density at radius 3 is 2.44 bits per heavy atom. The molecule has 1 aromatic heterocycles. The summed E-state index contributed by atoms with van der Waals surface area (Å²) in [4.78, 5) is 3.99. The minimum Gasteiger partial charge on any atom is -0.493 e. The quantitative estimate of drug-likeness (QED) is 0.734. The predicted octanol–water partition coefficient (Wildman–Crippen LogP) is 3.59. The number of hydrogen-bond acceptors (Lipinski definition) is 5. The molecule has 1 heterocycles. The summed E-state index contributed by atoms with van der Waals surface area (Å²) < 4.78 is 20.3. The van der Waals surface area contributed by atoms with E-state index in [9.17, 15) is 9.50 Å². The van der Waals surface area contributed by atoms with Crippen molar-refractivity contribution in [2.45, 2.75) is 51.4 Å². The van der Waals surface area contributed by atoms with E-state index in [1.807, 2.05) is 27.7 Å². The van der Waals surface area contributed by atoms with Crippen molar-refractivity contribution in [1.82, 2.24) is 14.8 Å². The van der Waals surface area contributed by atoms with Gasteiger partial charge >= 0.3 is 0 Å². The predicted molar refractivity (Wildman–Crippen MR) is 97.4 cm³/mol. The van der Waals surface area contributed by atoms with Gasteiger partial charge in [0.25, 0.3) is 0 Å². The van der Waals surface area contributed by atoms with Crippen LogP contribution in [0.15, 0.2) is 35.7 Å². The summed E-state index contributed by atoms with van der Waals surface area (Å²) >= 11 is 4.27. The highest BCUT2D eigenvalue weighted by molar-refractivity contribution is 7.80. The molecular formula is C18H26FN3O2S. The van der Waals surface area contributed by atoms with Crippen LogP contribution in [0.2, 0.25) is 0 Å². The van der Waals surface area contributed by atoms with Gasteiger partial charge in [0.05, 0.1) is 18.8 Å². The molecule has 0 saturated heterocycles. The molecule has 0 radical (unpaired) electrons. The third kappa shape index (κ3) is 5.19. The van der Waals surface area contributed by atoms with Crippen LogP contribution in [-0.2, 0) is 6.54 Å². The highest BCUT2D eigenvalue weighted by atomic mass is 32.1. The molecule has 5 nitrogen and oxygen atoms in total. The van der Waals surface area contributed by atoms with Crippen molar-refractivity contribution in [2.24, 2.45) is 11.3 Å². The number of thiol groups is 1. The standard InChI is InChI=1S/C18H26FN3O2S/c1-13(10-24-15-7-5-14(19)6-8-15)9-18(23,17(2,3)4)11-22-16(25)20-12-21-22/h5-8,12-13,23H,9-11H2,1-4H3,(H,20,21,25). The second-order valence-electron chi connectivity index (χ2n) is 7.57. The van der Waals surface area contributed by atoms with Crippen LogP contribution in [0.4, 0.5) is 4.39 Å². The van der Waals surface area contributed by atoms with Gasteiger partial charge in [0.1, 0.15) is 17.9 Å². The highest BCUT2D eigenvalue weighted by Gasteiger charge is 2.42. The van der Waals surface area contributed by atoms with Crippen LogP contribution in [-0.4, -0.2) is 32.1 Å². The second kappa shape index (κ2) is 7.74. The first-order valence-electron chi connectivity index (χ1n) is 8.28. The Labute approximate surface area is 153 Å². The number of ether oxygens (including phenoxy) is 1.